The molecule has 1 saturated heterocycles. The molecule has 1 heterocycles. The third-order valence-electron chi connectivity index (χ3n) is 5.38. The van der Waals surface area contributed by atoms with Crippen LogP contribution in [-0.4, -0.2) is 36.5 Å². The fourth-order valence-electron chi connectivity index (χ4n) is 3.55. The maximum atomic E-state index is 13.7. The lowest BCUT2D eigenvalue weighted by atomic mass is 9.96. The molecule has 1 aromatic rings. The molecular weight excluding hydrogens is 402 g/mol. The lowest BCUT2D eigenvalue weighted by Crippen LogP contribution is -2.40. The number of halogens is 4. The van der Waals surface area contributed by atoms with Gasteiger partial charge in [-0.3, -0.25) is 9.59 Å². The number of piperidine rings is 1. The number of hydrogen-bond donors (Lipinski definition) is 0. The first-order valence-corrected chi connectivity index (χ1v) is 10.6. The summed E-state index contributed by atoms with van der Waals surface area (Å²) in [7, 11) is 0. The van der Waals surface area contributed by atoms with Crippen LogP contribution in [0, 0.1) is 11.7 Å². The number of ether oxygens (including phenoxy) is 1. The number of esters is 1. The Morgan fingerprint density at radius 2 is 1.70 bits per heavy atom. The summed E-state index contributed by atoms with van der Waals surface area (Å²) in [6, 6.07) is 2.18. The van der Waals surface area contributed by atoms with Crippen LogP contribution >= 0.6 is 0 Å². The van der Waals surface area contributed by atoms with Crippen LogP contribution in [0.15, 0.2) is 18.2 Å². The van der Waals surface area contributed by atoms with Crippen LogP contribution in [0.2, 0.25) is 0 Å². The van der Waals surface area contributed by atoms with Crippen molar-refractivity contribution in [2.75, 3.05) is 19.7 Å². The van der Waals surface area contributed by atoms with Crippen molar-refractivity contribution >= 4 is 11.9 Å². The highest BCUT2D eigenvalue weighted by Crippen LogP contribution is 2.32. The summed E-state index contributed by atoms with van der Waals surface area (Å²) < 4.78 is 57.0. The predicted molar refractivity (Wildman–Crippen MR) is 104 cm³/mol. The molecule has 1 aromatic carbocycles. The Morgan fingerprint density at radius 1 is 1.07 bits per heavy atom. The van der Waals surface area contributed by atoms with E-state index in [1.165, 1.54) is 24.2 Å². The van der Waals surface area contributed by atoms with Crippen molar-refractivity contribution < 1.29 is 31.9 Å². The minimum Gasteiger partial charge on any atom is -0.465 e. The van der Waals surface area contributed by atoms with E-state index in [4.69, 9.17) is 4.74 Å². The van der Waals surface area contributed by atoms with Gasteiger partial charge in [-0.1, -0.05) is 39.0 Å². The van der Waals surface area contributed by atoms with Gasteiger partial charge >= 0.3 is 12.1 Å². The molecule has 1 aliphatic heterocycles. The molecule has 0 radical (unpaired) electrons. The van der Waals surface area contributed by atoms with Gasteiger partial charge in [0.25, 0.3) is 5.91 Å². The average molecular weight is 431 g/mol. The normalized spacial score (nSPS) is 15.3. The molecular formula is C22H29F4NO3. The second-order valence-corrected chi connectivity index (χ2v) is 7.69. The highest BCUT2D eigenvalue weighted by atomic mass is 19.4. The van der Waals surface area contributed by atoms with E-state index >= 15 is 0 Å². The molecule has 8 heteroatoms. The van der Waals surface area contributed by atoms with Crippen molar-refractivity contribution in [1.29, 1.82) is 0 Å². The van der Waals surface area contributed by atoms with E-state index in [1.807, 2.05) is 0 Å². The van der Waals surface area contributed by atoms with Crippen molar-refractivity contribution in [1.82, 2.24) is 4.90 Å². The first-order valence-electron chi connectivity index (χ1n) is 10.6. The first kappa shape index (κ1) is 24.2. The molecule has 1 fully saturated rings. The predicted octanol–water partition coefficient (Wildman–Crippen LogP) is 5.60. The highest BCUT2D eigenvalue weighted by Gasteiger charge is 2.35. The molecule has 0 spiro atoms. The van der Waals surface area contributed by atoms with E-state index in [0.29, 0.717) is 31.6 Å². The Morgan fingerprint density at radius 3 is 2.30 bits per heavy atom. The molecule has 168 valence electrons. The molecule has 1 aliphatic rings. The first-order chi connectivity index (χ1) is 14.2. The van der Waals surface area contributed by atoms with E-state index in [-0.39, 0.29) is 30.5 Å². The zero-order valence-corrected chi connectivity index (χ0v) is 17.3. The second kappa shape index (κ2) is 11.3. The summed E-state index contributed by atoms with van der Waals surface area (Å²) in [5.74, 6) is -2.57. The average Bonchev–Trinajstić information content (AvgIpc) is 2.71. The van der Waals surface area contributed by atoms with Crippen LogP contribution in [0.4, 0.5) is 17.6 Å². The third-order valence-corrected chi connectivity index (χ3v) is 5.38. The molecule has 1 amide bonds. The van der Waals surface area contributed by atoms with Gasteiger partial charge in [-0.2, -0.15) is 13.2 Å². The van der Waals surface area contributed by atoms with Crippen molar-refractivity contribution in [3.63, 3.8) is 0 Å². The maximum absolute atomic E-state index is 13.7. The summed E-state index contributed by atoms with van der Waals surface area (Å²) in [6.45, 7) is 3.11. The smallest absolute Gasteiger partial charge is 0.419 e. The van der Waals surface area contributed by atoms with Crippen LogP contribution in [0.5, 0.6) is 0 Å². The van der Waals surface area contributed by atoms with Crippen molar-refractivity contribution in [2.24, 2.45) is 5.92 Å². The minimum absolute atomic E-state index is 0.135. The number of amides is 1. The number of likely N-dealkylation sites (tertiary alicyclic amines) is 1. The molecule has 2 rings (SSSR count). The number of nitrogens with zero attached hydrogens (tertiary/aromatic N) is 1. The Kier molecular flexibility index (Phi) is 9.11. The van der Waals surface area contributed by atoms with Gasteiger partial charge < -0.3 is 9.64 Å². The highest BCUT2D eigenvalue weighted by molar-refractivity contribution is 5.94. The van der Waals surface area contributed by atoms with Crippen molar-refractivity contribution in [2.45, 2.75) is 64.5 Å². The van der Waals surface area contributed by atoms with Gasteiger partial charge in [0.2, 0.25) is 0 Å². The zero-order chi connectivity index (χ0) is 22.1. The summed E-state index contributed by atoms with van der Waals surface area (Å²) in [6.07, 6.45) is 2.64. The quantitative estimate of drug-likeness (QED) is 0.290. The van der Waals surface area contributed by atoms with Crippen molar-refractivity contribution in [3.05, 3.63) is 35.1 Å². The molecule has 0 bridgehead atoms. The van der Waals surface area contributed by atoms with Gasteiger partial charge in [0, 0.05) is 18.7 Å². The van der Waals surface area contributed by atoms with Crippen LogP contribution < -0.4 is 0 Å². The Hall–Kier alpha value is -2.12. The lowest BCUT2D eigenvalue weighted by Gasteiger charge is -2.31. The number of carbonyl (C=O) groups is 2. The zero-order valence-electron chi connectivity index (χ0n) is 17.3. The number of unbranched alkanes of at least 4 members (excludes halogenated alkanes) is 5. The van der Waals surface area contributed by atoms with Crippen LogP contribution in [-0.2, 0) is 15.7 Å². The van der Waals surface area contributed by atoms with Crippen LogP contribution in [0.3, 0.4) is 0 Å². The fraction of sp³-hybridized carbons (Fsp3) is 0.636. The SMILES string of the molecule is CCCCCCCCOC(=O)C1CCN(C(=O)c2ccc(C(F)(F)F)c(F)c2)CC1. The largest absolute Gasteiger partial charge is 0.465 e. The number of rotatable bonds is 9. The Bertz CT molecular complexity index is 713. The summed E-state index contributed by atoms with van der Waals surface area (Å²) in [5, 5.41) is 0. The molecule has 0 unspecified atom stereocenters. The molecule has 0 atom stereocenters. The van der Waals surface area contributed by atoms with Gasteiger partial charge in [0.15, 0.2) is 0 Å². The summed E-state index contributed by atoms with van der Waals surface area (Å²) in [5.41, 5.74) is -1.53. The number of carbonyl (C=O) groups excluding carboxylic acids is 2. The fourth-order valence-corrected chi connectivity index (χ4v) is 3.55. The van der Waals surface area contributed by atoms with Gasteiger partial charge in [-0.15, -0.1) is 0 Å². The number of alkyl halides is 3. The summed E-state index contributed by atoms with van der Waals surface area (Å²) >= 11 is 0. The van der Waals surface area contributed by atoms with E-state index in [0.717, 1.165) is 25.3 Å². The number of benzene rings is 1. The van der Waals surface area contributed by atoms with Gasteiger partial charge in [-0.05, 0) is 37.5 Å². The molecule has 0 saturated carbocycles. The molecule has 0 aliphatic carbocycles. The molecule has 30 heavy (non-hydrogen) atoms. The topological polar surface area (TPSA) is 46.6 Å². The monoisotopic (exact) mass is 431 g/mol. The summed E-state index contributed by atoms with van der Waals surface area (Å²) in [4.78, 5) is 26.1. The van der Waals surface area contributed by atoms with E-state index < -0.39 is 23.5 Å². The van der Waals surface area contributed by atoms with Crippen molar-refractivity contribution in [3.8, 4) is 0 Å². The second-order valence-electron chi connectivity index (χ2n) is 7.69. The van der Waals surface area contributed by atoms with Crippen LogP contribution in [0.1, 0.15) is 74.2 Å². The number of hydrogen-bond acceptors (Lipinski definition) is 3. The Balaban J connectivity index is 1.76. The van der Waals surface area contributed by atoms with E-state index in [2.05, 4.69) is 6.92 Å². The Labute approximate surface area is 174 Å². The lowest BCUT2D eigenvalue weighted by molar-refractivity contribution is -0.150. The van der Waals surface area contributed by atoms with E-state index in [1.54, 1.807) is 0 Å². The molecule has 4 nitrogen and oxygen atoms in total. The van der Waals surface area contributed by atoms with Gasteiger partial charge in [0.05, 0.1) is 18.1 Å². The third kappa shape index (κ3) is 6.99. The molecule has 0 N–H and O–H groups in total. The maximum Gasteiger partial charge on any atom is 0.419 e. The van der Waals surface area contributed by atoms with E-state index in [9.17, 15) is 27.2 Å². The van der Waals surface area contributed by atoms with Gasteiger partial charge in [-0.25, -0.2) is 4.39 Å². The minimum atomic E-state index is -4.81. The molecule has 0 aromatic heterocycles. The standard InChI is InChI=1S/C22H29F4NO3/c1-2-3-4-5-6-7-14-30-21(29)16-10-12-27(13-11-16)20(28)17-8-9-18(19(23)15-17)22(24,25)26/h8-9,15-16H,2-7,10-14H2,1H3. The van der Waals surface area contributed by atoms with Gasteiger partial charge in [0.1, 0.15) is 5.82 Å². The van der Waals surface area contributed by atoms with Crippen LogP contribution in [0.25, 0.3) is 0 Å².